The highest BCUT2D eigenvalue weighted by molar-refractivity contribution is 6.02. The first-order chi connectivity index (χ1) is 10.1. The minimum atomic E-state index is -0.965. The van der Waals surface area contributed by atoms with Gasteiger partial charge in [0.15, 0.2) is 0 Å². The number of aryl methyl sites for hydroxylation is 1. The SMILES string of the molecule is Cc1ccccc1OCc1cc2c(C(=O)O)cccc2o1. The van der Waals surface area contributed by atoms with Gasteiger partial charge < -0.3 is 14.3 Å². The molecule has 3 aromatic rings. The molecule has 0 aliphatic rings. The molecule has 0 fully saturated rings. The van der Waals surface area contributed by atoms with Crippen molar-refractivity contribution in [2.75, 3.05) is 0 Å². The third-order valence-corrected chi connectivity index (χ3v) is 3.31. The summed E-state index contributed by atoms with van der Waals surface area (Å²) >= 11 is 0. The molecule has 0 amide bonds. The standard InChI is InChI=1S/C17H14O4/c1-11-5-2-3-7-15(11)20-10-12-9-14-13(17(18)19)6-4-8-16(14)21-12/h2-9H,10H2,1H3,(H,18,19). The average molecular weight is 282 g/mol. The van der Waals surface area contributed by atoms with E-state index >= 15 is 0 Å². The van der Waals surface area contributed by atoms with Gasteiger partial charge in [0.25, 0.3) is 0 Å². The smallest absolute Gasteiger partial charge is 0.336 e. The fourth-order valence-electron chi connectivity index (χ4n) is 2.24. The molecule has 106 valence electrons. The van der Waals surface area contributed by atoms with Gasteiger partial charge in [0.05, 0.1) is 5.56 Å². The predicted octanol–water partition coefficient (Wildman–Crippen LogP) is 4.02. The van der Waals surface area contributed by atoms with Gasteiger partial charge in [-0.15, -0.1) is 0 Å². The van der Waals surface area contributed by atoms with Crippen LogP contribution in [-0.2, 0) is 6.61 Å². The number of furan rings is 1. The van der Waals surface area contributed by atoms with Crippen LogP contribution >= 0.6 is 0 Å². The van der Waals surface area contributed by atoms with E-state index in [1.807, 2.05) is 31.2 Å². The van der Waals surface area contributed by atoms with Crippen LogP contribution in [0.4, 0.5) is 0 Å². The van der Waals surface area contributed by atoms with Gasteiger partial charge in [-0.1, -0.05) is 24.3 Å². The average Bonchev–Trinajstić information content (AvgIpc) is 2.88. The lowest BCUT2D eigenvalue weighted by atomic mass is 10.1. The van der Waals surface area contributed by atoms with Crippen LogP contribution in [0.3, 0.4) is 0 Å². The van der Waals surface area contributed by atoms with E-state index < -0.39 is 5.97 Å². The topological polar surface area (TPSA) is 59.7 Å². The monoisotopic (exact) mass is 282 g/mol. The Morgan fingerprint density at radius 3 is 2.76 bits per heavy atom. The molecular formula is C17H14O4. The third-order valence-electron chi connectivity index (χ3n) is 3.31. The second kappa shape index (κ2) is 5.32. The van der Waals surface area contributed by atoms with Crippen molar-refractivity contribution in [3.8, 4) is 5.75 Å². The first-order valence-electron chi connectivity index (χ1n) is 6.58. The molecule has 21 heavy (non-hydrogen) atoms. The first kappa shape index (κ1) is 13.2. The maximum atomic E-state index is 11.2. The summed E-state index contributed by atoms with van der Waals surface area (Å²) in [5.74, 6) is 0.422. The van der Waals surface area contributed by atoms with Gasteiger partial charge in [-0.25, -0.2) is 4.79 Å². The highest BCUT2D eigenvalue weighted by Crippen LogP contribution is 2.25. The van der Waals surface area contributed by atoms with E-state index in [4.69, 9.17) is 14.3 Å². The van der Waals surface area contributed by atoms with Crippen LogP contribution in [0.25, 0.3) is 11.0 Å². The molecule has 0 aliphatic carbocycles. The summed E-state index contributed by atoms with van der Waals surface area (Å²) in [5, 5.41) is 9.75. The summed E-state index contributed by atoms with van der Waals surface area (Å²) in [6.07, 6.45) is 0. The van der Waals surface area contributed by atoms with Gasteiger partial charge in [-0.3, -0.25) is 0 Å². The molecule has 1 aromatic heterocycles. The van der Waals surface area contributed by atoms with E-state index in [9.17, 15) is 4.79 Å². The van der Waals surface area contributed by atoms with E-state index in [0.29, 0.717) is 16.7 Å². The molecule has 1 heterocycles. The normalized spacial score (nSPS) is 10.7. The van der Waals surface area contributed by atoms with Crippen LogP contribution in [-0.4, -0.2) is 11.1 Å². The molecule has 2 aromatic carbocycles. The van der Waals surface area contributed by atoms with Crippen LogP contribution < -0.4 is 4.74 Å². The van der Waals surface area contributed by atoms with Gasteiger partial charge in [-0.05, 0) is 36.8 Å². The molecular weight excluding hydrogens is 268 g/mol. The van der Waals surface area contributed by atoms with Crippen molar-refractivity contribution in [2.24, 2.45) is 0 Å². The predicted molar refractivity (Wildman–Crippen MR) is 78.7 cm³/mol. The summed E-state index contributed by atoms with van der Waals surface area (Å²) in [6.45, 7) is 2.23. The Labute approximate surface area is 121 Å². The largest absolute Gasteiger partial charge is 0.485 e. The van der Waals surface area contributed by atoms with Crippen molar-refractivity contribution >= 4 is 16.9 Å². The number of hydrogen-bond acceptors (Lipinski definition) is 3. The van der Waals surface area contributed by atoms with E-state index in [-0.39, 0.29) is 12.2 Å². The Morgan fingerprint density at radius 2 is 2.00 bits per heavy atom. The number of para-hydroxylation sites is 1. The Morgan fingerprint density at radius 1 is 1.19 bits per heavy atom. The second-order valence-corrected chi connectivity index (χ2v) is 4.79. The van der Waals surface area contributed by atoms with Crippen molar-refractivity contribution in [1.29, 1.82) is 0 Å². The number of benzene rings is 2. The van der Waals surface area contributed by atoms with Crippen LogP contribution in [0.15, 0.2) is 52.9 Å². The molecule has 0 atom stereocenters. The minimum absolute atomic E-state index is 0.235. The Kier molecular flexibility index (Phi) is 3.36. The summed E-state index contributed by atoms with van der Waals surface area (Å²) in [7, 11) is 0. The molecule has 4 nitrogen and oxygen atoms in total. The maximum Gasteiger partial charge on any atom is 0.336 e. The zero-order valence-electron chi connectivity index (χ0n) is 11.5. The summed E-state index contributed by atoms with van der Waals surface area (Å²) in [4.78, 5) is 11.2. The van der Waals surface area contributed by atoms with E-state index in [0.717, 1.165) is 11.3 Å². The molecule has 0 aliphatic heterocycles. The molecule has 1 N–H and O–H groups in total. The number of hydrogen-bond donors (Lipinski definition) is 1. The number of carboxylic acid groups (broad SMARTS) is 1. The second-order valence-electron chi connectivity index (χ2n) is 4.79. The zero-order chi connectivity index (χ0) is 14.8. The van der Waals surface area contributed by atoms with E-state index in [1.165, 1.54) is 0 Å². The fourth-order valence-corrected chi connectivity index (χ4v) is 2.24. The molecule has 0 saturated heterocycles. The zero-order valence-corrected chi connectivity index (χ0v) is 11.5. The third kappa shape index (κ3) is 2.60. The molecule has 0 bridgehead atoms. The quantitative estimate of drug-likeness (QED) is 0.785. The van der Waals surface area contributed by atoms with Crippen LogP contribution in [0.1, 0.15) is 21.7 Å². The van der Waals surface area contributed by atoms with Crippen LogP contribution in [0, 0.1) is 6.92 Å². The maximum absolute atomic E-state index is 11.2. The summed E-state index contributed by atoms with van der Waals surface area (Å²) < 4.78 is 11.3. The van der Waals surface area contributed by atoms with Crippen molar-refractivity contribution in [2.45, 2.75) is 13.5 Å². The highest BCUT2D eigenvalue weighted by atomic mass is 16.5. The van der Waals surface area contributed by atoms with Crippen LogP contribution in [0.2, 0.25) is 0 Å². The van der Waals surface area contributed by atoms with Gasteiger partial charge in [0, 0.05) is 5.39 Å². The van der Waals surface area contributed by atoms with E-state index in [1.54, 1.807) is 24.3 Å². The van der Waals surface area contributed by atoms with Gasteiger partial charge in [0.1, 0.15) is 23.7 Å². The molecule has 3 rings (SSSR count). The summed E-state index contributed by atoms with van der Waals surface area (Å²) in [5.41, 5.74) is 1.83. The fraction of sp³-hybridized carbons (Fsp3) is 0.118. The lowest BCUT2D eigenvalue weighted by molar-refractivity contribution is 0.0699. The van der Waals surface area contributed by atoms with Gasteiger partial charge in [-0.2, -0.15) is 0 Å². The lowest BCUT2D eigenvalue weighted by Crippen LogP contribution is -1.96. The summed E-state index contributed by atoms with van der Waals surface area (Å²) in [6, 6.07) is 14.4. The van der Waals surface area contributed by atoms with Crippen molar-refractivity contribution < 1.29 is 19.1 Å². The molecule has 0 spiro atoms. The first-order valence-corrected chi connectivity index (χ1v) is 6.58. The molecule has 0 unspecified atom stereocenters. The van der Waals surface area contributed by atoms with Crippen molar-refractivity contribution in [3.05, 3.63) is 65.4 Å². The number of aromatic carboxylic acids is 1. The number of rotatable bonds is 4. The van der Waals surface area contributed by atoms with Crippen LogP contribution in [0.5, 0.6) is 5.75 Å². The number of ether oxygens (including phenoxy) is 1. The van der Waals surface area contributed by atoms with Gasteiger partial charge >= 0.3 is 5.97 Å². The van der Waals surface area contributed by atoms with Gasteiger partial charge in [0.2, 0.25) is 0 Å². The van der Waals surface area contributed by atoms with Crippen molar-refractivity contribution in [3.63, 3.8) is 0 Å². The molecule has 0 saturated carbocycles. The minimum Gasteiger partial charge on any atom is -0.485 e. The Balaban J connectivity index is 1.87. The lowest BCUT2D eigenvalue weighted by Gasteiger charge is -2.06. The highest BCUT2D eigenvalue weighted by Gasteiger charge is 2.13. The molecule has 4 heteroatoms. The number of carbonyl (C=O) groups is 1. The Bertz CT molecular complexity index is 801. The number of carboxylic acids is 1. The van der Waals surface area contributed by atoms with Crippen molar-refractivity contribution in [1.82, 2.24) is 0 Å². The number of fused-ring (bicyclic) bond motifs is 1. The van der Waals surface area contributed by atoms with E-state index in [2.05, 4.69) is 0 Å². The molecule has 0 radical (unpaired) electrons. The Hall–Kier alpha value is -2.75.